The smallest absolute Gasteiger partial charge is 0.326 e. The van der Waals surface area contributed by atoms with Crippen LogP contribution in [-0.2, 0) is 27.2 Å². The molecule has 1 aliphatic carbocycles. The second-order valence-corrected chi connectivity index (χ2v) is 9.16. The molecule has 1 aromatic heterocycles. The predicted molar refractivity (Wildman–Crippen MR) is 129 cm³/mol. The number of carbonyl (C=O) groups is 3. The van der Waals surface area contributed by atoms with E-state index in [9.17, 15) is 34.7 Å². The van der Waals surface area contributed by atoms with Gasteiger partial charge in [0.25, 0.3) is 5.69 Å². The van der Waals surface area contributed by atoms with Crippen LogP contribution in [-0.4, -0.2) is 45.0 Å². The Bertz CT molecular complexity index is 1130. The summed E-state index contributed by atoms with van der Waals surface area (Å²) in [5.41, 5.74) is 0.439. The van der Waals surface area contributed by atoms with Crippen LogP contribution in [0.4, 0.5) is 5.69 Å². The van der Waals surface area contributed by atoms with Gasteiger partial charge < -0.3 is 20.8 Å². The molecule has 1 unspecified atom stereocenters. The number of non-ortho nitro benzene ring substituents is 1. The van der Waals surface area contributed by atoms with Crippen molar-refractivity contribution >= 4 is 34.8 Å². The topological polar surface area (TPSA) is 159 Å². The normalized spacial score (nSPS) is 16.6. The lowest BCUT2D eigenvalue weighted by atomic mass is 9.92. The lowest BCUT2D eigenvalue weighted by Gasteiger charge is -2.23. The average molecular weight is 500 g/mol. The Morgan fingerprint density at radius 3 is 2.46 bits per heavy atom. The van der Waals surface area contributed by atoms with Gasteiger partial charge in [0, 0.05) is 23.4 Å². The number of allylic oxidation sites excluding steroid dienone is 3. The molecule has 0 aliphatic heterocycles. The summed E-state index contributed by atoms with van der Waals surface area (Å²) in [5, 5.41) is 36.9. The molecule has 35 heavy (non-hydrogen) atoms. The number of thiophene rings is 1. The summed E-state index contributed by atoms with van der Waals surface area (Å²) in [7, 11) is 0. The molecule has 0 fully saturated rings. The first-order valence-corrected chi connectivity index (χ1v) is 11.7. The fourth-order valence-corrected chi connectivity index (χ4v) is 4.38. The summed E-state index contributed by atoms with van der Waals surface area (Å²) in [6, 6.07) is 6.97. The van der Waals surface area contributed by atoms with Gasteiger partial charge in [-0.05, 0) is 47.9 Å². The van der Waals surface area contributed by atoms with E-state index in [1.165, 1.54) is 41.7 Å². The Kier molecular flexibility index (Phi) is 8.74. The Hall–Kier alpha value is -3.99. The molecule has 4 N–H and O–H groups in total. The molecule has 2 amide bonds. The number of hydrogen-bond donors (Lipinski definition) is 4. The summed E-state index contributed by atoms with van der Waals surface area (Å²) >= 11 is 1.41. The number of benzene rings is 1. The number of nitro benzene ring substituents is 1. The zero-order chi connectivity index (χ0) is 25.4. The highest BCUT2D eigenvalue weighted by Gasteiger charge is 2.29. The van der Waals surface area contributed by atoms with Crippen LogP contribution in [0.3, 0.4) is 0 Å². The van der Waals surface area contributed by atoms with Crippen molar-refractivity contribution < 1.29 is 29.5 Å². The van der Waals surface area contributed by atoms with Gasteiger partial charge in [-0.25, -0.2) is 4.79 Å². The van der Waals surface area contributed by atoms with Crippen LogP contribution in [0.25, 0.3) is 0 Å². The third-order valence-corrected chi connectivity index (χ3v) is 6.37. The fraction of sp³-hybridized carbons (Fsp3) is 0.292. The van der Waals surface area contributed by atoms with Gasteiger partial charge in [-0.2, -0.15) is 0 Å². The standard InChI is InChI=1S/C24H25N3O7S/c28-18-9-5-15(6-10-18)12-21(24(31)32)26-23(30)20(14-19-2-1-11-35-19)25-22(29)13-16-3-7-17(8-4-16)27(33)34/h1-5,7-11,15,20-21,28H,6,12-14H2,(H,25,29)(H,26,30)(H,31,32)/t15?,20-,21-/m0/s1. The highest BCUT2D eigenvalue weighted by molar-refractivity contribution is 7.09. The number of carbonyl (C=O) groups excluding carboxylic acids is 2. The van der Waals surface area contributed by atoms with Gasteiger partial charge in [-0.15, -0.1) is 11.3 Å². The molecule has 10 nitrogen and oxygen atoms in total. The van der Waals surface area contributed by atoms with Crippen molar-refractivity contribution in [2.75, 3.05) is 0 Å². The van der Waals surface area contributed by atoms with Gasteiger partial charge in [-0.1, -0.05) is 24.3 Å². The number of nitro groups is 1. The Morgan fingerprint density at radius 1 is 1.14 bits per heavy atom. The Balaban J connectivity index is 1.67. The minimum Gasteiger partial charge on any atom is -0.508 e. The predicted octanol–water partition coefficient (Wildman–Crippen LogP) is 2.90. The number of aliphatic hydroxyl groups excluding tert-OH is 1. The number of hydrogen-bond acceptors (Lipinski definition) is 7. The van der Waals surface area contributed by atoms with Crippen molar-refractivity contribution in [2.24, 2.45) is 5.92 Å². The van der Waals surface area contributed by atoms with Crippen molar-refractivity contribution in [3.63, 3.8) is 0 Å². The highest BCUT2D eigenvalue weighted by Crippen LogP contribution is 2.20. The molecule has 11 heteroatoms. The van der Waals surface area contributed by atoms with Crippen LogP contribution in [0.2, 0.25) is 0 Å². The van der Waals surface area contributed by atoms with Crippen LogP contribution in [0.15, 0.2) is 65.8 Å². The molecule has 2 aromatic rings. The first-order valence-electron chi connectivity index (χ1n) is 10.9. The van der Waals surface area contributed by atoms with E-state index in [1.54, 1.807) is 12.2 Å². The second kappa shape index (κ2) is 11.9. The first-order chi connectivity index (χ1) is 16.7. The maximum absolute atomic E-state index is 13.1. The van der Waals surface area contributed by atoms with Gasteiger partial charge in [0.05, 0.1) is 11.3 Å². The molecule has 0 saturated carbocycles. The number of carboxylic acid groups (broad SMARTS) is 1. The summed E-state index contributed by atoms with van der Waals surface area (Å²) in [6.45, 7) is 0. The van der Waals surface area contributed by atoms with E-state index in [1.807, 2.05) is 17.5 Å². The van der Waals surface area contributed by atoms with E-state index in [0.29, 0.717) is 12.0 Å². The zero-order valence-corrected chi connectivity index (χ0v) is 19.4. The average Bonchev–Trinajstić information content (AvgIpc) is 3.33. The molecule has 3 atom stereocenters. The minimum atomic E-state index is -1.20. The molecule has 3 rings (SSSR count). The summed E-state index contributed by atoms with van der Waals surface area (Å²) in [5.74, 6) is -2.35. The molecule has 0 radical (unpaired) electrons. The van der Waals surface area contributed by atoms with Crippen LogP contribution < -0.4 is 10.6 Å². The molecule has 184 valence electrons. The number of aliphatic hydroxyl groups is 1. The maximum atomic E-state index is 13.1. The van der Waals surface area contributed by atoms with Gasteiger partial charge >= 0.3 is 5.97 Å². The number of nitrogens with one attached hydrogen (secondary N) is 2. The van der Waals surface area contributed by atoms with E-state index in [0.717, 1.165) is 4.88 Å². The third kappa shape index (κ3) is 7.78. The highest BCUT2D eigenvalue weighted by atomic mass is 32.1. The van der Waals surface area contributed by atoms with Crippen LogP contribution >= 0.6 is 11.3 Å². The Labute approximate surface area is 205 Å². The second-order valence-electron chi connectivity index (χ2n) is 8.12. The van der Waals surface area contributed by atoms with E-state index in [4.69, 9.17) is 0 Å². The molecule has 0 bridgehead atoms. The molecule has 1 aromatic carbocycles. The zero-order valence-electron chi connectivity index (χ0n) is 18.6. The minimum absolute atomic E-state index is 0.0951. The quantitative estimate of drug-likeness (QED) is 0.273. The maximum Gasteiger partial charge on any atom is 0.326 e. The van der Waals surface area contributed by atoms with E-state index >= 15 is 0 Å². The van der Waals surface area contributed by atoms with Crippen molar-refractivity contribution in [3.05, 3.63) is 86.3 Å². The first kappa shape index (κ1) is 25.6. The lowest BCUT2D eigenvalue weighted by molar-refractivity contribution is -0.384. The van der Waals surface area contributed by atoms with Gasteiger partial charge in [0.15, 0.2) is 0 Å². The number of aliphatic carboxylic acids is 1. The van der Waals surface area contributed by atoms with Crippen molar-refractivity contribution in [1.82, 2.24) is 10.6 Å². The SMILES string of the molecule is O=C(Cc1ccc([N+](=O)[O-])cc1)N[C@@H](Cc1cccs1)C(=O)N[C@@H](CC1C=CC(O)=CC1)C(=O)O. The molecule has 0 spiro atoms. The Morgan fingerprint density at radius 2 is 1.89 bits per heavy atom. The molecular formula is C24H25N3O7S. The van der Waals surface area contributed by atoms with Gasteiger partial charge in [0.2, 0.25) is 11.8 Å². The molecule has 1 aliphatic rings. The van der Waals surface area contributed by atoms with Gasteiger partial charge in [0.1, 0.15) is 17.8 Å². The summed E-state index contributed by atoms with van der Waals surface area (Å²) in [4.78, 5) is 48.6. The van der Waals surface area contributed by atoms with Gasteiger partial charge in [-0.3, -0.25) is 19.7 Å². The van der Waals surface area contributed by atoms with Crippen LogP contribution in [0.5, 0.6) is 0 Å². The van der Waals surface area contributed by atoms with Crippen molar-refractivity contribution in [1.29, 1.82) is 0 Å². The number of rotatable bonds is 11. The molecule has 1 heterocycles. The fourth-order valence-electron chi connectivity index (χ4n) is 3.63. The monoisotopic (exact) mass is 499 g/mol. The number of nitrogens with zero attached hydrogens (tertiary/aromatic N) is 1. The van der Waals surface area contributed by atoms with Crippen molar-refractivity contribution in [3.8, 4) is 0 Å². The number of carboxylic acids is 1. The van der Waals surface area contributed by atoms with E-state index in [-0.39, 0.29) is 36.6 Å². The van der Waals surface area contributed by atoms with Crippen molar-refractivity contribution in [2.45, 2.75) is 37.8 Å². The lowest BCUT2D eigenvalue weighted by Crippen LogP contribution is -2.53. The molecule has 0 saturated heterocycles. The number of amides is 2. The summed E-state index contributed by atoms with van der Waals surface area (Å²) in [6.07, 6.45) is 5.44. The largest absolute Gasteiger partial charge is 0.508 e. The summed E-state index contributed by atoms with van der Waals surface area (Å²) < 4.78 is 0. The van der Waals surface area contributed by atoms with Crippen LogP contribution in [0, 0.1) is 16.0 Å². The van der Waals surface area contributed by atoms with E-state index < -0.39 is 34.8 Å². The molecular weight excluding hydrogens is 474 g/mol. The van der Waals surface area contributed by atoms with Crippen LogP contribution in [0.1, 0.15) is 23.3 Å². The third-order valence-electron chi connectivity index (χ3n) is 5.47. The van der Waals surface area contributed by atoms with E-state index in [2.05, 4.69) is 10.6 Å².